The summed E-state index contributed by atoms with van der Waals surface area (Å²) in [5, 5.41) is 10.1. The van der Waals surface area contributed by atoms with E-state index in [2.05, 4.69) is 10.6 Å². The molecule has 9 heteroatoms. The largest absolute Gasteiger partial charge is 0.448 e. The highest BCUT2D eigenvalue weighted by molar-refractivity contribution is 6.39. The Morgan fingerprint density at radius 3 is 2.41 bits per heavy atom. The van der Waals surface area contributed by atoms with E-state index in [1.54, 1.807) is 27.8 Å². The Morgan fingerprint density at radius 1 is 0.919 bits per heavy atom. The molecule has 1 aromatic heterocycles. The van der Waals surface area contributed by atoms with Crippen molar-refractivity contribution in [2.45, 2.75) is 13.1 Å². The van der Waals surface area contributed by atoms with Crippen LogP contribution < -0.4 is 10.6 Å². The molecule has 0 aliphatic carbocycles. The smallest absolute Gasteiger partial charge is 0.410 e. The Bertz CT molecular complexity index is 1420. The number of amides is 3. The molecule has 186 valence electrons. The van der Waals surface area contributed by atoms with Crippen LogP contribution in [0, 0.1) is 0 Å². The molecule has 0 saturated carbocycles. The van der Waals surface area contributed by atoms with E-state index in [0.717, 1.165) is 28.1 Å². The molecule has 37 heavy (non-hydrogen) atoms. The van der Waals surface area contributed by atoms with Gasteiger partial charge in [0, 0.05) is 36.1 Å². The lowest BCUT2D eigenvalue weighted by atomic mass is 10.1. The van der Waals surface area contributed by atoms with Gasteiger partial charge in [-0.3, -0.25) is 9.59 Å². The molecule has 0 spiro atoms. The number of para-hydroxylation sites is 1. The molecule has 2 N–H and O–H groups in total. The maximum Gasteiger partial charge on any atom is 0.410 e. The molecule has 1 fully saturated rings. The summed E-state index contributed by atoms with van der Waals surface area (Å²) < 4.78 is 6.70. The van der Waals surface area contributed by atoms with E-state index in [0.29, 0.717) is 25.4 Å². The average molecular weight is 496 g/mol. The molecule has 1 saturated heterocycles. The number of carbonyl (C=O) groups excluding carboxylic acids is 3. The van der Waals surface area contributed by atoms with Crippen molar-refractivity contribution in [3.63, 3.8) is 0 Å². The van der Waals surface area contributed by atoms with Crippen molar-refractivity contribution < 1.29 is 19.1 Å². The Balaban J connectivity index is 1.26. The van der Waals surface area contributed by atoms with Crippen LogP contribution in [0.5, 0.6) is 0 Å². The van der Waals surface area contributed by atoms with Crippen LogP contribution >= 0.6 is 0 Å². The van der Waals surface area contributed by atoms with E-state index in [1.165, 1.54) is 0 Å². The Hall–Kier alpha value is -4.92. The highest BCUT2D eigenvalue weighted by Gasteiger charge is 2.22. The number of ether oxygens (including phenoxy) is 1. The van der Waals surface area contributed by atoms with Crippen molar-refractivity contribution in [1.29, 1.82) is 0 Å². The second kappa shape index (κ2) is 10.8. The molecule has 1 aliphatic rings. The van der Waals surface area contributed by atoms with Crippen LogP contribution in [0.1, 0.15) is 11.1 Å². The van der Waals surface area contributed by atoms with E-state index >= 15 is 0 Å². The molecule has 5 rings (SSSR count). The molecule has 0 bridgehead atoms. The minimum absolute atomic E-state index is 0.125. The molecule has 9 nitrogen and oxygen atoms in total. The summed E-state index contributed by atoms with van der Waals surface area (Å²) in [5.74, 6) is -1.55. The standard InChI is InChI=1S/C28H25N5O4/c34-26(27(35)30-23-11-7-8-20(16-23)18-32-14-15-37-28(32)36)29-17-22-19-33(24-12-5-2-6-13-24)31-25(22)21-9-3-1-4-10-21/h1-13,16,19H,14-15,17-18H2,(H,29,34)(H,30,35). The second-order valence-corrected chi connectivity index (χ2v) is 8.52. The summed E-state index contributed by atoms with van der Waals surface area (Å²) in [4.78, 5) is 38.5. The molecule has 0 atom stereocenters. The first kappa shape index (κ1) is 23.8. The fraction of sp³-hybridized carbons (Fsp3) is 0.143. The zero-order valence-corrected chi connectivity index (χ0v) is 20.0. The number of aromatic nitrogens is 2. The lowest BCUT2D eigenvalue weighted by Gasteiger charge is -2.13. The summed E-state index contributed by atoms with van der Waals surface area (Å²) in [6.07, 6.45) is 1.49. The van der Waals surface area contributed by atoms with Crippen molar-refractivity contribution in [3.8, 4) is 16.9 Å². The van der Waals surface area contributed by atoms with Crippen molar-refractivity contribution in [1.82, 2.24) is 20.0 Å². The van der Waals surface area contributed by atoms with Crippen LogP contribution in [0.25, 0.3) is 16.9 Å². The number of rotatable bonds is 7. The normalized spacial score (nSPS) is 12.8. The van der Waals surface area contributed by atoms with Crippen molar-refractivity contribution in [3.05, 3.63) is 102 Å². The number of anilines is 1. The van der Waals surface area contributed by atoms with Gasteiger partial charge in [-0.05, 0) is 29.8 Å². The van der Waals surface area contributed by atoms with Crippen LogP contribution in [-0.2, 0) is 27.4 Å². The first-order valence-corrected chi connectivity index (χ1v) is 11.9. The highest BCUT2D eigenvalue weighted by Crippen LogP contribution is 2.23. The van der Waals surface area contributed by atoms with Gasteiger partial charge in [0.15, 0.2) is 0 Å². The van der Waals surface area contributed by atoms with Gasteiger partial charge in [0.05, 0.1) is 17.9 Å². The summed E-state index contributed by atoms with van der Waals surface area (Å²) in [6.45, 7) is 1.37. The third kappa shape index (κ3) is 5.67. The second-order valence-electron chi connectivity index (χ2n) is 8.52. The van der Waals surface area contributed by atoms with Gasteiger partial charge in [-0.25, -0.2) is 9.48 Å². The van der Waals surface area contributed by atoms with Gasteiger partial charge < -0.3 is 20.3 Å². The third-order valence-corrected chi connectivity index (χ3v) is 5.91. The highest BCUT2D eigenvalue weighted by atomic mass is 16.6. The lowest BCUT2D eigenvalue weighted by Crippen LogP contribution is -2.35. The Kier molecular flexibility index (Phi) is 6.93. The average Bonchev–Trinajstić information content (AvgIpc) is 3.54. The van der Waals surface area contributed by atoms with Gasteiger partial charge in [-0.2, -0.15) is 5.10 Å². The fourth-order valence-corrected chi connectivity index (χ4v) is 4.07. The Labute approximate surface area is 213 Å². The predicted octanol–water partition coefficient (Wildman–Crippen LogP) is 3.75. The van der Waals surface area contributed by atoms with E-state index in [9.17, 15) is 14.4 Å². The minimum Gasteiger partial charge on any atom is -0.448 e. The molecule has 1 aliphatic heterocycles. The maximum atomic E-state index is 12.6. The van der Waals surface area contributed by atoms with Gasteiger partial charge in [0.2, 0.25) is 0 Å². The molecule has 2 heterocycles. The fourth-order valence-electron chi connectivity index (χ4n) is 4.07. The number of hydrogen-bond acceptors (Lipinski definition) is 5. The summed E-state index contributed by atoms with van der Waals surface area (Å²) in [7, 11) is 0. The van der Waals surface area contributed by atoms with Crippen molar-refractivity contribution in [2.24, 2.45) is 0 Å². The van der Waals surface area contributed by atoms with E-state index < -0.39 is 11.8 Å². The van der Waals surface area contributed by atoms with Gasteiger partial charge in [-0.15, -0.1) is 0 Å². The molecule has 0 radical (unpaired) electrons. The number of nitrogens with zero attached hydrogens (tertiary/aromatic N) is 3. The predicted molar refractivity (Wildman–Crippen MR) is 138 cm³/mol. The van der Waals surface area contributed by atoms with Gasteiger partial charge in [-0.1, -0.05) is 60.7 Å². The Morgan fingerprint density at radius 2 is 1.68 bits per heavy atom. The SMILES string of the molecule is O=C(NCc1cn(-c2ccccc2)nc1-c1ccccc1)C(=O)Nc1cccc(CN2CCOC2=O)c1. The maximum absolute atomic E-state index is 12.6. The van der Waals surface area contributed by atoms with Crippen LogP contribution in [-0.4, -0.2) is 45.7 Å². The first-order chi connectivity index (χ1) is 18.1. The van der Waals surface area contributed by atoms with E-state index in [1.807, 2.05) is 72.9 Å². The summed E-state index contributed by atoms with van der Waals surface area (Å²) >= 11 is 0. The monoisotopic (exact) mass is 495 g/mol. The number of nitrogens with one attached hydrogen (secondary N) is 2. The molecular formula is C28H25N5O4. The minimum atomic E-state index is -0.783. The molecule has 3 amide bonds. The molecular weight excluding hydrogens is 470 g/mol. The van der Waals surface area contributed by atoms with Crippen molar-refractivity contribution >= 4 is 23.6 Å². The number of benzene rings is 3. The van der Waals surface area contributed by atoms with Crippen LogP contribution in [0.15, 0.2) is 91.1 Å². The first-order valence-electron chi connectivity index (χ1n) is 11.9. The van der Waals surface area contributed by atoms with E-state index in [4.69, 9.17) is 9.84 Å². The quantitative estimate of drug-likeness (QED) is 0.380. The van der Waals surface area contributed by atoms with E-state index in [-0.39, 0.29) is 12.6 Å². The van der Waals surface area contributed by atoms with Crippen LogP contribution in [0.4, 0.5) is 10.5 Å². The van der Waals surface area contributed by atoms with Gasteiger partial charge >= 0.3 is 17.9 Å². The molecule has 0 unspecified atom stereocenters. The zero-order valence-electron chi connectivity index (χ0n) is 20.0. The lowest BCUT2D eigenvalue weighted by molar-refractivity contribution is -0.136. The summed E-state index contributed by atoms with van der Waals surface area (Å²) in [6, 6.07) is 26.4. The van der Waals surface area contributed by atoms with Gasteiger partial charge in [0.1, 0.15) is 6.61 Å². The third-order valence-electron chi connectivity index (χ3n) is 5.91. The topological polar surface area (TPSA) is 106 Å². The van der Waals surface area contributed by atoms with Crippen molar-refractivity contribution in [2.75, 3.05) is 18.5 Å². The van der Waals surface area contributed by atoms with Crippen LogP contribution in [0.3, 0.4) is 0 Å². The number of hydrogen-bond donors (Lipinski definition) is 2. The number of carbonyl (C=O) groups is 3. The van der Waals surface area contributed by atoms with Crippen LogP contribution in [0.2, 0.25) is 0 Å². The van der Waals surface area contributed by atoms with Gasteiger partial charge in [0.25, 0.3) is 0 Å². The molecule has 3 aromatic carbocycles. The summed E-state index contributed by atoms with van der Waals surface area (Å²) in [5.41, 5.74) is 4.57. The zero-order chi connectivity index (χ0) is 25.6. The molecule has 4 aromatic rings. The number of cyclic esters (lactones) is 1.